The third-order valence-corrected chi connectivity index (χ3v) is 8.53. The van der Waals surface area contributed by atoms with E-state index in [2.05, 4.69) is 41.5 Å². The van der Waals surface area contributed by atoms with Gasteiger partial charge in [-0.05, 0) is 50.4 Å². The largest absolute Gasteiger partial charge is 0.291 e. The number of fused-ring (bicyclic) bond motifs is 4. The van der Waals surface area contributed by atoms with Gasteiger partial charge in [-0.15, -0.1) is 0 Å². The third-order valence-electron chi connectivity index (χ3n) is 8.53. The highest BCUT2D eigenvalue weighted by molar-refractivity contribution is 5.98. The van der Waals surface area contributed by atoms with Crippen molar-refractivity contribution in [3.05, 3.63) is 0 Å². The summed E-state index contributed by atoms with van der Waals surface area (Å²) in [7, 11) is 0. The molecule has 0 aliphatic heterocycles. The van der Waals surface area contributed by atoms with E-state index < -0.39 is 0 Å². The van der Waals surface area contributed by atoms with Gasteiger partial charge >= 0.3 is 0 Å². The second kappa shape index (κ2) is 4.95. The molecule has 24 heavy (non-hydrogen) atoms. The second-order valence-corrected chi connectivity index (χ2v) is 10.9. The molecule has 2 heteroatoms. The molecule has 0 aromatic rings. The van der Waals surface area contributed by atoms with E-state index in [1.165, 1.54) is 49.9 Å². The van der Waals surface area contributed by atoms with Crippen molar-refractivity contribution in [2.24, 2.45) is 43.5 Å². The van der Waals surface area contributed by atoms with Crippen LogP contribution in [0.4, 0.5) is 0 Å². The molecule has 0 amide bonds. The van der Waals surface area contributed by atoms with Gasteiger partial charge in [0.25, 0.3) is 0 Å². The van der Waals surface area contributed by atoms with Gasteiger partial charge < -0.3 is 0 Å². The standard InChI is InChI=1S/C22H36N2/c1-19(2)15-7-9-21(5,13-15)17(19)23-11-12-24-18-20(3,4)16-8-10-22(18,6)14-16/h15-16H,7-14H2,1-6H3. The zero-order valence-corrected chi connectivity index (χ0v) is 16.7. The molecule has 0 N–H and O–H groups in total. The number of hydrogen-bond donors (Lipinski definition) is 0. The van der Waals surface area contributed by atoms with Crippen molar-refractivity contribution in [3.8, 4) is 0 Å². The van der Waals surface area contributed by atoms with Crippen LogP contribution >= 0.6 is 0 Å². The van der Waals surface area contributed by atoms with Crippen molar-refractivity contribution >= 4 is 11.4 Å². The summed E-state index contributed by atoms with van der Waals surface area (Å²) in [6.45, 7) is 16.4. The van der Waals surface area contributed by atoms with Crippen molar-refractivity contribution < 1.29 is 0 Å². The Bertz CT molecular complexity index is 544. The van der Waals surface area contributed by atoms with Crippen LogP contribution in [-0.4, -0.2) is 24.5 Å². The fraction of sp³-hybridized carbons (Fsp3) is 0.909. The van der Waals surface area contributed by atoms with E-state index in [9.17, 15) is 0 Å². The van der Waals surface area contributed by atoms with Gasteiger partial charge in [-0.25, -0.2) is 0 Å². The molecule has 0 saturated heterocycles. The Balaban J connectivity index is 1.49. The van der Waals surface area contributed by atoms with E-state index in [4.69, 9.17) is 9.98 Å². The number of hydrogen-bond acceptors (Lipinski definition) is 2. The molecule has 4 atom stereocenters. The van der Waals surface area contributed by atoms with Crippen LogP contribution in [0.1, 0.15) is 80.1 Å². The molecule has 4 aliphatic carbocycles. The maximum atomic E-state index is 5.13. The fourth-order valence-electron chi connectivity index (χ4n) is 7.20. The van der Waals surface area contributed by atoms with Crippen LogP contribution in [0, 0.1) is 33.5 Å². The van der Waals surface area contributed by atoms with Gasteiger partial charge in [0.1, 0.15) is 0 Å². The van der Waals surface area contributed by atoms with Crippen LogP contribution in [0.15, 0.2) is 9.98 Å². The summed E-state index contributed by atoms with van der Waals surface area (Å²) in [5.41, 5.74) is 4.42. The van der Waals surface area contributed by atoms with Gasteiger partial charge in [-0.1, -0.05) is 41.5 Å². The minimum atomic E-state index is 0.317. The smallest absolute Gasteiger partial charge is 0.0585 e. The molecule has 0 aromatic heterocycles. The zero-order valence-electron chi connectivity index (χ0n) is 16.7. The molecular formula is C22H36N2. The molecule has 2 nitrogen and oxygen atoms in total. The molecular weight excluding hydrogens is 292 g/mol. The molecule has 0 aromatic carbocycles. The summed E-state index contributed by atoms with van der Waals surface area (Å²) in [4.78, 5) is 10.3. The molecule has 0 heterocycles. The molecule has 4 fully saturated rings. The maximum Gasteiger partial charge on any atom is 0.0585 e. The van der Waals surface area contributed by atoms with Crippen LogP contribution in [0.25, 0.3) is 0 Å². The molecule has 4 aliphatic rings. The first-order valence-corrected chi connectivity index (χ1v) is 10.2. The predicted molar refractivity (Wildman–Crippen MR) is 103 cm³/mol. The Morgan fingerprint density at radius 3 is 1.38 bits per heavy atom. The highest BCUT2D eigenvalue weighted by atomic mass is 14.9. The fourth-order valence-corrected chi connectivity index (χ4v) is 7.20. The van der Waals surface area contributed by atoms with Crippen LogP contribution in [0.3, 0.4) is 0 Å². The van der Waals surface area contributed by atoms with E-state index >= 15 is 0 Å². The Hall–Kier alpha value is -0.660. The van der Waals surface area contributed by atoms with E-state index in [0.717, 1.165) is 24.9 Å². The highest BCUT2D eigenvalue weighted by Crippen LogP contribution is 2.61. The van der Waals surface area contributed by atoms with E-state index in [1.54, 1.807) is 0 Å². The van der Waals surface area contributed by atoms with Crippen molar-refractivity contribution in [1.29, 1.82) is 0 Å². The summed E-state index contributed by atoms with van der Waals surface area (Å²) in [6.07, 6.45) is 8.22. The van der Waals surface area contributed by atoms with Gasteiger partial charge in [-0.3, -0.25) is 9.98 Å². The minimum absolute atomic E-state index is 0.317. The molecule has 4 saturated carbocycles. The lowest BCUT2D eigenvalue weighted by Crippen LogP contribution is -2.37. The maximum absolute atomic E-state index is 5.13. The Labute approximate surface area is 148 Å². The zero-order chi connectivity index (χ0) is 17.4. The Kier molecular flexibility index (Phi) is 3.46. The van der Waals surface area contributed by atoms with Crippen LogP contribution in [-0.2, 0) is 0 Å². The first-order chi connectivity index (χ1) is 11.1. The first kappa shape index (κ1) is 16.8. The van der Waals surface area contributed by atoms with Crippen LogP contribution in [0.5, 0.6) is 0 Å². The van der Waals surface area contributed by atoms with Crippen molar-refractivity contribution in [2.45, 2.75) is 80.1 Å². The van der Waals surface area contributed by atoms with Crippen LogP contribution in [0.2, 0.25) is 0 Å². The SMILES string of the molecule is CC12CCC(C1)C(C)(C)C2=NCCN=C1C2(C)CCC(C2)C1(C)C. The topological polar surface area (TPSA) is 24.7 Å². The van der Waals surface area contributed by atoms with Crippen LogP contribution < -0.4 is 0 Å². The molecule has 4 rings (SSSR count). The van der Waals surface area contributed by atoms with E-state index in [1.807, 2.05) is 0 Å². The summed E-state index contributed by atoms with van der Waals surface area (Å²) in [6, 6.07) is 0. The minimum Gasteiger partial charge on any atom is -0.291 e. The first-order valence-electron chi connectivity index (χ1n) is 10.2. The summed E-state index contributed by atoms with van der Waals surface area (Å²) >= 11 is 0. The van der Waals surface area contributed by atoms with Crippen molar-refractivity contribution in [1.82, 2.24) is 0 Å². The lowest BCUT2D eigenvalue weighted by Gasteiger charge is -2.36. The monoisotopic (exact) mass is 328 g/mol. The molecule has 0 spiro atoms. The summed E-state index contributed by atoms with van der Waals surface area (Å²) in [5, 5.41) is 0. The average Bonchev–Trinajstić information content (AvgIpc) is 3.14. The average molecular weight is 329 g/mol. The van der Waals surface area contributed by atoms with Gasteiger partial charge in [0.2, 0.25) is 0 Å². The van der Waals surface area contributed by atoms with E-state index in [-0.39, 0.29) is 0 Å². The lowest BCUT2D eigenvalue weighted by atomic mass is 9.70. The van der Waals surface area contributed by atoms with Crippen molar-refractivity contribution in [2.75, 3.05) is 13.1 Å². The number of nitrogens with zero attached hydrogens (tertiary/aromatic N) is 2. The Morgan fingerprint density at radius 1 is 0.708 bits per heavy atom. The van der Waals surface area contributed by atoms with Gasteiger partial charge in [0.05, 0.1) is 13.1 Å². The second-order valence-electron chi connectivity index (χ2n) is 10.9. The third kappa shape index (κ3) is 2.13. The molecule has 4 unspecified atom stereocenters. The van der Waals surface area contributed by atoms with Crippen molar-refractivity contribution in [3.63, 3.8) is 0 Å². The number of aliphatic imine (C=N–C) groups is 2. The Morgan fingerprint density at radius 2 is 1.08 bits per heavy atom. The molecule has 4 bridgehead atoms. The van der Waals surface area contributed by atoms with Gasteiger partial charge in [-0.2, -0.15) is 0 Å². The van der Waals surface area contributed by atoms with Gasteiger partial charge in [0, 0.05) is 33.1 Å². The van der Waals surface area contributed by atoms with Gasteiger partial charge in [0.15, 0.2) is 0 Å². The van der Waals surface area contributed by atoms with E-state index in [0.29, 0.717) is 21.7 Å². The molecule has 134 valence electrons. The highest BCUT2D eigenvalue weighted by Gasteiger charge is 2.57. The summed E-state index contributed by atoms with van der Waals surface area (Å²) < 4.78 is 0. The lowest BCUT2D eigenvalue weighted by molar-refractivity contribution is 0.331. The number of rotatable bonds is 3. The molecule has 0 radical (unpaired) electrons. The normalized spacial score (nSPS) is 48.1. The predicted octanol–water partition coefficient (Wildman–Crippen LogP) is 5.56. The quantitative estimate of drug-likeness (QED) is 0.606. The summed E-state index contributed by atoms with van der Waals surface area (Å²) in [5.74, 6) is 1.71.